The van der Waals surface area contributed by atoms with E-state index in [0.717, 1.165) is 0 Å². The molecule has 0 amide bonds. The monoisotopic (exact) mass is 258 g/mol. The largest absolute Gasteiger partial charge is 0.497 e. The number of fused-ring (bicyclic) bond motifs is 1. The van der Waals surface area contributed by atoms with Crippen molar-refractivity contribution >= 4 is 16.9 Å². The minimum atomic E-state index is -1.05. The smallest absolute Gasteiger partial charge is 0.340 e. The lowest BCUT2D eigenvalue weighted by Crippen LogP contribution is -1.96. The topological polar surface area (TPSA) is 72.8 Å². The highest BCUT2D eigenvalue weighted by Gasteiger charge is 2.22. The van der Waals surface area contributed by atoms with Crippen molar-refractivity contribution < 1.29 is 23.5 Å². The number of furan rings is 2. The number of aromatic carboxylic acids is 1. The summed E-state index contributed by atoms with van der Waals surface area (Å²) >= 11 is 0. The van der Waals surface area contributed by atoms with Crippen molar-refractivity contribution in [3.63, 3.8) is 0 Å². The average molecular weight is 258 g/mol. The highest BCUT2D eigenvalue weighted by Crippen LogP contribution is 2.35. The maximum Gasteiger partial charge on any atom is 0.340 e. The van der Waals surface area contributed by atoms with Crippen LogP contribution in [0.15, 0.2) is 45.6 Å². The lowest BCUT2D eigenvalue weighted by Gasteiger charge is -1.98. The molecule has 0 bridgehead atoms. The third-order valence-electron chi connectivity index (χ3n) is 2.89. The summed E-state index contributed by atoms with van der Waals surface area (Å²) in [5, 5.41) is 9.89. The molecule has 5 heteroatoms. The van der Waals surface area contributed by atoms with E-state index in [1.165, 1.54) is 19.6 Å². The second-order valence-electron chi connectivity index (χ2n) is 3.99. The number of ether oxygens (including phenoxy) is 1. The average Bonchev–Trinajstić information content (AvgIpc) is 3.04. The highest BCUT2D eigenvalue weighted by molar-refractivity contribution is 6.08. The van der Waals surface area contributed by atoms with E-state index in [1.807, 2.05) is 0 Å². The number of hydrogen-bond acceptors (Lipinski definition) is 4. The Morgan fingerprint density at radius 2 is 2.16 bits per heavy atom. The first-order chi connectivity index (χ1) is 9.20. The van der Waals surface area contributed by atoms with Gasteiger partial charge in [-0.1, -0.05) is 0 Å². The molecule has 96 valence electrons. The Kier molecular flexibility index (Phi) is 2.52. The van der Waals surface area contributed by atoms with E-state index < -0.39 is 5.97 Å². The molecule has 0 aliphatic rings. The number of methoxy groups -OCH3 is 1. The van der Waals surface area contributed by atoms with Crippen LogP contribution in [0.2, 0.25) is 0 Å². The van der Waals surface area contributed by atoms with Gasteiger partial charge in [0.1, 0.15) is 23.2 Å². The predicted octanol–water partition coefficient (Wildman–Crippen LogP) is 3.40. The van der Waals surface area contributed by atoms with Crippen molar-refractivity contribution in [2.24, 2.45) is 0 Å². The molecule has 19 heavy (non-hydrogen) atoms. The van der Waals surface area contributed by atoms with Gasteiger partial charge in [0.2, 0.25) is 0 Å². The van der Waals surface area contributed by atoms with Gasteiger partial charge in [-0.2, -0.15) is 0 Å². The summed E-state index contributed by atoms with van der Waals surface area (Å²) in [5.41, 5.74) is 1.19. The zero-order chi connectivity index (χ0) is 13.4. The summed E-state index contributed by atoms with van der Waals surface area (Å²) in [6, 6.07) is 6.70. The molecule has 0 saturated heterocycles. The molecule has 2 aromatic heterocycles. The van der Waals surface area contributed by atoms with Crippen LogP contribution >= 0.6 is 0 Å². The lowest BCUT2D eigenvalue weighted by molar-refractivity contribution is 0.0699. The molecule has 2 heterocycles. The van der Waals surface area contributed by atoms with Crippen molar-refractivity contribution in [3.8, 4) is 17.1 Å². The van der Waals surface area contributed by atoms with Gasteiger partial charge in [0.05, 0.1) is 18.9 Å². The van der Waals surface area contributed by atoms with E-state index in [4.69, 9.17) is 13.6 Å². The molecule has 5 nitrogen and oxygen atoms in total. The molecule has 1 aromatic carbocycles. The summed E-state index contributed by atoms with van der Waals surface area (Å²) in [4.78, 5) is 11.5. The van der Waals surface area contributed by atoms with Crippen LogP contribution < -0.4 is 4.74 Å². The molecule has 3 rings (SSSR count). The molecule has 0 unspecified atom stereocenters. The molecule has 0 fully saturated rings. The van der Waals surface area contributed by atoms with Crippen molar-refractivity contribution in [3.05, 3.63) is 42.4 Å². The van der Waals surface area contributed by atoms with E-state index >= 15 is 0 Å². The van der Waals surface area contributed by atoms with Crippen LogP contribution in [0.4, 0.5) is 0 Å². The first-order valence-electron chi connectivity index (χ1n) is 5.57. The Balaban J connectivity index is 2.34. The minimum Gasteiger partial charge on any atom is -0.497 e. The SMILES string of the molecule is COc1ccc2oc(-c3ccoc3)c(C(=O)O)c2c1. The summed E-state index contributed by atoms with van der Waals surface area (Å²) in [6.45, 7) is 0. The van der Waals surface area contributed by atoms with Gasteiger partial charge in [0.25, 0.3) is 0 Å². The van der Waals surface area contributed by atoms with E-state index in [-0.39, 0.29) is 11.3 Å². The van der Waals surface area contributed by atoms with Crippen molar-refractivity contribution in [1.82, 2.24) is 0 Å². The summed E-state index contributed by atoms with van der Waals surface area (Å²) in [6.07, 6.45) is 2.91. The molecule has 0 spiro atoms. The Labute approximate surface area is 108 Å². The second kappa shape index (κ2) is 4.20. The summed E-state index contributed by atoms with van der Waals surface area (Å²) in [7, 11) is 1.53. The van der Waals surface area contributed by atoms with Gasteiger partial charge < -0.3 is 18.7 Å². The Hall–Kier alpha value is -2.69. The Morgan fingerprint density at radius 1 is 1.32 bits per heavy atom. The minimum absolute atomic E-state index is 0.107. The molecule has 0 saturated carbocycles. The summed E-state index contributed by atoms with van der Waals surface area (Å²) < 4.78 is 15.7. The normalized spacial score (nSPS) is 10.8. The standard InChI is InChI=1S/C14H10O5/c1-17-9-2-3-11-10(6-9)12(14(15)16)13(19-11)8-4-5-18-7-8/h2-7H,1H3,(H,15,16). The van der Waals surface area contributed by atoms with Gasteiger partial charge in [-0.15, -0.1) is 0 Å². The van der Waals surface area contributed by atoms with Crippen LogP contribution in [0.5, 0.6) is 5.75 Å². The summed E-state index contributed by atoms with van der Waals surface area (Å²) in [5.74, 6) is -0.192. The maximum atomic E-state index is 11.5. The van der Waals surface area contributed by atoms with Gasteiger partial charge in [-0.05, 0) is 24.3 Å². The second-order valence-corrected chi connectivity index (χ2v) is 3.99. The molecule has 0 radical (unpaired) electrons. The maximum absolute atomic E-state index is 11.5. The van der Waals surface area contributed by atoms with Crippen LogP contribution in [0, 0.1) is 0 Å². The van der Waals surface area contributed by atoms with Crippen LogP contribution in [-0.4, -0.2) is 18.2 Å². The molecule has 0 atom stereocenters. The fourth-order valence-corrected chi connectivity index (χ4v) is 2.01. The molecule has 0 aliphatic heterocycles. The quantitative estimate of drug-likeness (QED) is 0.779. The van der Waals surface area contributed by atoms with Gasteiger partial charge >= 0.3 is 5.97 Å². The Morgan fingerprint density at radius 3 is 2.79 bits per heavy atom. The zero-order valence-corrected chi connectivity index (χ0v) is 10.0. The van der Waals surface area contributed by atoms with Crippen LogP contribution in [-0.2, 0) is 0 Å². The van der Waals surface area contributed by atoms with E-state index in [2.05, 4.69) is 0 Å². The molecule has 3 aromatic rings. The first kappa shape index (κ1) is 11.4. The number of rotatable bonds is 3. The predicted molar refractivity (Wildman–Crippen MR) is 67.4 cm³/mol. The van der Waals surface area contributed by atoms with Crippen LogP contribution in [0.25, 0.3) is 22.3 Å². The Bertz CT molecular complexity index is 737. The van der Waals surface area contributed by atoms with Gasteiger partial charge in [0.15, 0.2) is 5.76 Å². The number of carbonyl (C=O) groups is 1. The first-order valence-corrected chi connectivity index (χ1v) is 5.57. The lowest BCUT2D eigenvalue weighted by atomic mass is 10.1. The number of carboxylic acids is 1. The molecule has 0 aliphatic carbocycles. The number of carboxylic acid groups (broad SMARTS) is 1. The van der Waals surface area contributed by atoms with E-state index in [0.29, 0.717) is 22.3 Å². The zero-order valence-electron chi connectivity index (χ0n) is 10.0. The van der Waals surface area contributed by atoms with Crippen molar-refractivity contribution in [2.75, 3.05) is 7.11 Å². The van der Waals surface area contributed by atoms with Crippen molar-refractivity contribution in [2.45, 2.75) is 0 Å². The van der Waals surface area contributed by atoms with Crippen LogP contribution in [0.1, 0.15) is 10.4 Å². The van der Waals surface area contributed by atoms with Gasteiger partial charge in [0, 0.05) is 5.39 Å². The molecule has 1 N–H and O–H groups in total. The van der Waals surface area contributed by atoms with Gasteiger partial charge in [-0.3, -0.25) is 0 Å². The highest BCUT2D eigenvalue weighted by atomic mass is 16.5. The molecular formula is C14H10O5. The van der Waals surface area contributed by atoms with E-state index in [9.17, 15) is 9.90 Å². The van der Waals surface area contributed by atoms with E-state index in [1.54, 1.807) is 24.3 Å². The third kappa shape index (κ3) is 1.76. The fraction of sp³-hybridized carbons (Fsp3) is 0.0714. The fourth-order valence-electron chi connectivity index (χ4n) is 2.01. The molecular weight excluding hydrogens is 248 g/mol. The number of hydrogen-bond donors (Lipinski definition) is 1. The van der Waals surface area contributed by atoms with Gasteiger partial charge in [-0.25, -0.2) is 4.79 Å². The van der Waals surface area contributed by atoms with Crippen LogP contribution in [0.3, 0.4) is 0 Å². The van der Waals surface area contributed by atoms with Crippen molar-refractivity contribution in [1.29, 1.82) is 0 Å². The number of benzene rings is 1. The third-order valence-corrected chi connectivity index (χ3v) is 2.89.